The van der Waals surface area contributed by atoms with Crippen LogP contribution >= 0.6 is 0 Å². The maximum atomic E-state index is 6.63. The zero-order chi connectivity index (χ0) is 7.11. The lowest BCUT2D eigenvalue weighted by Crippen LogP contribution is -1.73. The summed E-state index contributed by atoms with van der Waals surface area (Å²) in [6, 6.07) is 0. The minimum absolute atomic E-state index is 0.973. The van der Waals surface area contributed by atoms with Crippen LogP contribution in [0.2, 0.25) is 0 Å². The van der Waals surface area contributed by atoms with Crippen LogP contribution in [0.5, 0.6) is 0 Å². The van der Waals surface area contributed by atoms with Crippen molar-refractivity contribution in [2.45, 2.75) is 20.3 Å². The predicted octanol–water partition coefficient (Wildman–Crippen LogP) is 2.02. The fraction of sp³-hybridized carbons (Fsp3) is 0.429. The van der Waals surface area contributed by atoms with Crippen LogP contribution in [0.3, 0.4) is 0 Å². The van der Waals surface area contributed by atoms with E-state index in [0.29, 0.717) is 0 Å². The van der Waals surface area contributed by atoms with E-state index in [-0.39, 0.29) is 0 Å². The molecule has 0 aliphatic rings. The molecule has 0 aromatic rings. The molecule has 0 fully saturated rings. The second-order valence-corrected chi connectivity index (χ2v) is 1.70. The van der Waals surface area contributed by atoms with Gasteiger partial charge in [-0.05, 0) is 13.3 Å². The highest BCUT2D eigenvalue weighted by atomic mass is 14.7. The van der Waals surface area contributed by atoms with E-state index in [2.05, 4.69) is 11.9 Å². The lowest BCUT2D eigenvalue weighted by molar-refractivity contribution is 1.16. The van der Waals surface area contributed by atoms with Crippen LogP contribution in [0, 0.1) is 5.41 Å². The minimum atomic E-state index is 0.973. The third-order valence-corrected chi connectivity index (χ3v) is 0.852. The molecule has 0 heterocycles. The van der Waals surface area contributed by atoms with Crippen molar-refractivity contribution in [3.05, 3.63) is 11.8 Å². The van der Waals surface area contributed by atoms with Crippen LogP contribution in [0.15, 0.2) is 16.8 Å². The van der Waals surface area contributed by atoms with E-state index in [1.54, 1.807) is 0 Å². The van der Waals surface area contributed by atoms with Gasteiger partial charge in [-0.3, -0.25) is 4.99 Å². The molecule has 9 heavy (non-hydrogen) atoms. The van der Waals surface area contributed by atoms with Gasteiger partial charge in [-0.1, -0.05) is 13.0 Å². The number of hydrogen-bond acceptors (Lipinski definition) is 2. The van der Waals surface area contributed by atoms with Gasteiger partial charge in [0.05, 0.1) is 0 Å². The number of nitrogens with one attached hydrogen (secondary N) is 1. The van der Waals surface area contributed by atoms with Crippen molar-refractivity contribution in [1.82, 2.24) is 0 Å². The van der Waals surface area contributed by atoms with Crippen molar-refractivity contribution in [3.63, 3.8) is 0 Å². The summed E-state index contributed by atoms with van der Waals surface area (Å²) >= 11 is 0. The summed E-state index contributed by atoms with van der Waals surface area (Å²) in [5.41, 5.74) is 0.973. The molecule has 0 unspecified atom stereocenters. The Morgan fingerprint density at radius 2 is 2.33 bits per heavy atom. The third-order valence-electron chi connectivity index (χ3n) is 0.852. The second-order valence-electron chi connectivity index (χ2n) is 1.70. The highest BCUT2D eigenvalue weighted by molar-refractivity contribution is 6.14. The molecule has 0 aromatic heterocycles. The monoisotopic (exact) mass is 124 g/mol. The van der Waals surface area contributed by atoms with E-state index in [4.69, 9.17) is 5.41 Å². The van der Waals surface area contributed by atoms with Gasteiger partial charge in [0.1, 0.15) is 0 Å². The summed E-state index contributed by atoms with van der Waals surface area (Å²) in [6.45, 7) is 3.98. The summed E-state index contributed by atoms with van der Waals surface area (Å²) in [5.74, 6) is 0. The maximum Gasteiger partial charge on any atom is 0.0446 e. The normalized spacial score (nSPS) is 12.4. The zero-order valence-electron chi connectivity index (χ0n) is 5.89. The van der Waals surface area contributed by atoms with Gasteiger partial charge in [0.2, 0.25) is 0 Å². The molecular formula is C7H12N2. The summed E-state index contributed by atoms with van der Waals surface area (Å²) in [5, 5.41) is 6.63. The van der Waals surface area contributed by atoms with Gasteiger partial charge in [-0.15, -0.1) is 0 Å². The van der Waals surface area contributed by atoms with Gasteiger partial charge in [0, 0.05) is 18.1 Å². The number of nitrogens with zero attached hydrogens (tertiary/aromatic N) is 1. The molecule has 1 N–H and O–H groups in total. The van der Waals surface area contributed by atoms with Crippen LogP contribution in [-0.2, 0) is 0 Å². The lowest BCUT2D eigenvalue weighted by Gasteiger charge is -1.85. The summed E-state index contributed by atoms with van der Waals surface area (Å²) < 4.78 is 0. The van der Waals surface area contributed by atoms with Crippen molar-refractivity contribution >= 4 is 12.4 Å². The SMILES string of the molecule is CC/C=C(C)\N=C/C=N. The first-order valence-corrected chi connectivity index (χ1v) is 3.01. The van der Waals surface area contributed by atoms with E-state index in [1.165, 1.54) is 12.4 Å². The Kier molecular flexibility index (Phi) is 4.69. The van der Waals surface area contributed by atoms with Gasteiger partial charge in [-0.2, -0.15) is 0 Å². The van der Waals surface area contributed by atoms with Gasteiger partial charge >= 0.3 is 0 Å². The Labute approximate surface area is 55.8 Å². The highest BCUT2D eigenvalue weighted by Gasteiger charge is 1.76. The van der Waals surface area contributed by atoms with E-state index < -0.39 is 0 Å². The van der Waals surface area contributed by atoms with E-state index in [0.717, 1.165) is 12.1 Å². The molecule has 0 radical (unpaired) electrons. The molecule has 2 heteroatoms. The summed E-state index contributed by atoms with van der Waals surface area (Å²) in [6.07, 6.45) is 5.66. The van der Waals surface area contributed by atoms with E-state index in [1.807, 2.05) is 13.0 Å². The quantitative estimate of drug-likeness (QED) is 0.559. The largest absolute Gasteiger partial charge is 0.307 e. The Morgan fingerprint density at radius 3 is 2.78 bits per heavy atom. The first-order chi connectivity index (χ1) is 4.31. The van der Waals surface area contributed by atoms with Crippen LogP contribution < -0.4 is 0 Å². The molecular weight excluding hydrogens is 112 g/mol. The van der Waals surface area contributed by atoms with Gasteiger partial charge < -0.3 is 5.41 Å². The van der Waals surface area contributed by atoms with Crippen molar-refractivity contribution in [2.75, 3.05) is 0 Å². The Hall–Kier alpha value is -0.920. The minimum Gasteiger partial charge on any atom is -0.307 e. The van der Waals surface area contributed by atoms with Crippen LogP contribution in [0.4, 0.5) is 0 Å². The maximum absolute atomic E-state index is 6.63. The van der Waals surface area contributed by atoms with Crippen molar-refractivity contribution in [2.24, 2.45) is 4.99 Å². The zero-order valence-corrected chi connectivity index (χ0v) is 5.89. The Balaban J connectivity index is 3.74. The van der Waals surface area contributed by atoms with Gasteiger partial charge in [0.15, 0.2) is 0 Å². The molecule has 0 saturated carbocycles. The van der Waals surface area contributed by atoms with Crippen molar-refractivity contribution in [3.8, 4) is 0 Å². The van der Waals surface area contributed by atoms with Crippen LogP contribution in [0.1, 0.15) is 20.3 Å². The number of hydrogen-bond donors (Lipinski definition) is 1. The van der Waals surface area contributed by atoms with Crippen molar-refractivity contribution in [1.29, 1.82) is 5.41 Å². The highest BCUT2D eigenvalue weighted by Crippen LogP contribution is 1.93. The van der Waals surface area contributed by atoms with E-state index >= 15 is 0 Å². The number of rotatable bonds is 3. The average molecular weight is 124 g/mol. The molecule has 0 bridgehead atoms. The first-order valence-electron chi connectivity index (χ1n) is 3.01. The van der Waals surface area contributed by atoms with Crippen LogP contribution in [0.25, 0.3) is 0 Å². The molecule has 0 saturated heterocycles. The molecule has 50 valence electrons. The molecule has 0 rings (SSSR count). The van der Waals surface area contributed by atoms with Crippen LogP contribution in [-0.4, -0.2) is 12.4 Å². The summed E-state index contributed by atoms with van der Waals surface area (Å²) in [7, 11) is 0. The lowest BCUT2D eigenvalue weighted by atomic mass is 10.4. The first kappa shape index (κ1) is 8.08. The smallest absolute Gasteiger partial charge is 0.0446 e. The Morgan fingerprint density at radius 1 is 1.67 bits per heavy atom. The second kappa shape index (κ2) is 5.22. The fourth-order valence-electron chi connectivity index (χ4n) is 0.503. The third kappa shape index (κ3) is 4.94. The fourth-order valence-corrected chi connectivity index (χ4v) is 0.503. The van der Waals surface area contributed by atoms with Gasteiger partial charge in [-0.25, -0.2) is 0 Å². The molecule has 0 aliphatic heterocycles. The number of allylic oxidation sites excluding steroid dienone is 2. The topological polar surface area (TPSA) is 36.2 Å². The molecule has 0 spiro atoms. The van der Waals surface area contributed by atoms with Gasteiger partial charge in [0.25, 0.3) is 0 Å². The molecule has 0 aliphatic carbocycles. The molecule has 0 aromatic carbocycles. The molecule has 2 nitrogen and oxygen atoms in total. The van der Waals surface area contributed by atoms with E-state index in [9.17, 15) is 0 Å². The number of aliphatic imine (C=N–C) groups is 1. The summed E-state index contributed by atoms with van der Waals surface area (Å²) in [4.78, 5) is 3.93. The predicted molar refractivity (Wildman–Crippen MR) is 41.3 cm³/mol. The standard InChI is InChI=1S/C7H12N2/c1-3-4-7(2)9-6-5-8/h4-6,8H,3H2,1-2H3/b7-4-,8-5?,9-6-. The molecule has 0 amide bonds. The Bertz CT molecular complexity index is 134. The average Bonchev–Trinajstić information content (AvgIpc) is 1.85. The van der Waals surface area contributed by atoms with Crippen molar-refractivity contribution < 1.29 is 0 Å². The molecule has 0 atom stereocenters.